The van der Waals surface area contributed by atoms with Gasteiger partial charge in [0.15, 0.2) is 0 Å². The number of hydrogen-bond acceptors (Lipinski definition) is 8. The Balaban J connectivity index is 1.62. The summed E-state index contributed by atoms with van der Waals surface area (Å²) in [7, 11) is 0. The van der Waals surface area contributed by atoms with E-state index in [4.69, 9.17) is 0 Å². The minimum absolute atomic E-state index is 0.0666. The van der Waals surface area contributed by atoms with E-state index < -0.39 is 36.3 Å². The molecule has 0 aliphatic carbocycles. The molecule has 0 aliphatic rings. The minimum atomic E-state index is -1.49. The second kappa shape index (κ2) is 11.2. The van der Waals surface area contributed by atoms with Gasteiger partial charge in [-0.25, -0.2) is 4.79 Å². The van der Waals surface area contributed by atoms with Crippen molar-refractivity contribution in [3.63, 3.8) is 0 Å². The number of aliphatic carboxylic acids is 1. The average Bonchev–Trinajstić information content (AvgIpc) is 3.21. The molecule has 1 aromatic heterocycles. The molecule has 188 valence electrons. The van der Waals surface area contributed by atoms with E-state index in [-0.39, 0.29) is 39.1 Å². The number of carbonyl (C=O) groups is 4. The molecule has 7 N–H and O–H groups in total. The molecule has 12 heteroatoms. The molecule has 3 aromatic rings. The highest BCUT2D eigenvalue weighted by atomic mass is 32.1. The van der Waals surface area contributed by atoms with Crippen LogP contribution in [0.2, 0.25) is 0 Å². The van der Waals surface area contributed by atoms with Gasteiger partial charge in [0.05, 0.1) is 9.75 Å². The van der Waals surface area contributed by atoms with E-state index in [1.165, 1.54) is 18.2 Å². The summed E-state index contributed by atoms with van der Waals surface area (Å²) in [5.41, 5.74) is 1.05. The van der Waals surface area contributed by atoms with Crippen molar-refractivity contribution >= 4 is 35.0 Å². The van der Waals surface area contributed by atoms with Crippen molar-refractivity contribution in [2.24, 2.45) is 0 Å². The van der Waals surface area contributed by atoms with Crippen molar-refractivity contribution in [2.75, 3.05) is 6.54 Å². The lowest BCUT2D eigenvalue weighted by atomic mass is 10.1. The van der Waals surface area contributed by atoms with Crippen LogP contribution in [0.4, 0.5) is 0 Å². The van der Waals surface area contributed by atoms with Gasteiger partial charge in [-0.1, -0.05) is 12.1 Å². The highest BCUT2D eigenvalue weighted by Gasteiger charge is 2.25. The number of phenols is 3. The Morgan fingerprint density at radius 3 is 2.19 bits per heavy atom. The number of benzene rings is 2. The summed E-state index contributed by atoms with van der Waals surface area (Å²) in [6.45, 7) is 1.28. The van der Waals surface area contributed by atoms with Gasteiger partial charge in [0.1, 0.15) is 23.3 Å². The zero-order valence-electron chi connectivity index (χ0n) is 18.9. The molecule has 0 radical (unpaired) electrons. The van der Waals surface area contributed by atoms with Crippen LogP contribution in [0.15, 0.2) is 48.5 Å². The number of phenolic OH excluding ortho intramolecular Hbond substituents is 3. The van der Waals surface area contributed by atoms with Crippen LogP contribution < -0.4 is 16.0 Å². The Bertz CT molecular complexity index is 1300. The maximum Gasteiger partial charge on any atom is 0.328 e. The van der Waals surface area contributed by atoms with E-state index in [1.54, 1.807) is 19.1 Å². The molecule has 11 nitrogen and oxygen atoms in total. The normalized spacial score (nSPS) is 11.4. The number of amides is 3. The smallest absolute Gasteiger partial charge is 0.328 e. The monoisotopic (exact) mass is 513 g/mol. The molecule has 2 aromatic carbocycles. The van der Waals surface area contributed by atoms with E-state index in [1.807, 2.05) is 0 Å². The Kier molecular flexibility index (Phi) is 8.12. The average molecular weight is 514 g/mol. The van der Waals surface area contributed by atoms with E-state index >= 15 is 0 Å². The van der Waals surface area contributed by atoms with Crippen molar-refractivity contribution in [2.45, 2.75) is 19.5 Å². The van der Waals surface area contributed by atoms with Crippen LogP contribution in [-0.2, 0) is 11.3 Å². The highest BCUT2D eigenvalue weighted by molar-refractivity contribution is 7.16. The van der Waals surface area contributed by atoms with Crippen LogP contribution >= 0.6 is 11.3 Å². The first-order chi connectivity index (χ1) is 17.0. The van der Waals surface area contributed by atoms with Gasteiger partial charge < -0.3 is 36.4 Å². The van der Waals surface area contributed by atoms with Crippen LogP contribution in [0.25, 0.3) is 0 Å². The molecule has 0 bridgehead atoms. The topological polar surface area (TPSA) is 185 Å². The van der Waals surface area contributed by atoms with Crippen LogP contribution in [0.3, 0.4) is 0 Å². The van der Waals surface area contributed by atoms with Crippen LogP contribution in [0, 0.1) is 6.92 Å². The maximum absolute atomic E-state index is 12.7. The fraction of sp³-hybridized carbons (Fsp3) is 0.167. The summed E-state index contributed by atoms with van der Waals surface area (Å²) < 4.78 is 0. The molecule has 1 heterocycles. The number of aromatic hydroxyl groups is 3. The van der Waals surface area contributed by atoms with Gasteiger partial charge >= 0.3 is 5.97 Å². The van der Waals surface area contributed by atoms with E-state index in [2.05, 4.69) is 16.0 Å². The second-order valence-corrected chi connectivity index (χ2v) is 8.84. The molecular weight excluding hydrogens is 490 g/mol. The van der Waals surface area contributed by atoms with Gasteiger partial charge in [0, 0.05) is 24.7 Å². The first-order valence-corrected chi connectivity index (χ1v) is 11.4. The predicted molar refractivity (Wildman–Crippen MR) is 129 cm³/mol. The summed E-state index contributed by atoms with van der Waals surface area (Å²) in [5, 5.41) is 45.3. The molecular formula is C24H23N3O8S. The lowest BCUT2D eigenvalue weighted by Gasteiger charge is -2.15. The summed E-state index contributed by atoms with van der Waals surface area (Å²) in [4.78, 5) is 49.5. The molecule has 1 atom stereocenters. The Morgan fingerprint density at radius 2 is 1.56 bits per heavy atom. The largest absolute Gasteiger partial charge is 0.508 e. The van der Waals surface area contributed by atoms with Gasteiger partial charge in [0.2, 0.25) is 0 Å². The van der Waals surface area contributed by atoms with Crippen molar-refractivity contribution < 1.29 is 39.6 Å². The van der Waals surface area contributed by atoms with Gasteiger partial charge in [-0.15, -0.1) is 11.3 Å². The quantitative estimate of drug-likeness (QED) is 0.225. The Morgan fingerprint density at radius 1 is 0.861 bits per heavy atom. The number of nitrogens with one attached hydrogen (secondary N) is 3. The maximum atomic E-state index is 12.7. The zero-order valence-corrected chi connectivity index (χ0v) is 19.8. The van der Waals surface area contributed by atoms with Crippen LogP contribution in [0.1, 0.15) is 40.8 Å². The summed E-state index contributed by atoms with van der Waals surface area (Å²) in [5.74, 6) is -3.98. The molecule has 3 rings (SSSR count). The number of carbonyl (C=O) groups excluding carboxylic acids is 3. The van der Waals surface area contributed by atoms with Crippen molar-refractivity contribution in [3.05, 3.63) is 75.0 Å². The first kappa shape index (κ1) is 26.0. The molecule has 0 spiro atoms. The van der Waals surface area contributed by atoms with Crippen LogP contribution in [0.5, 0.6) is 17.2 Å². The molecule has 0 saturated carbocycles. The van der Waals surface area contributed by atoms with E-state index in [0.29, 0.717) is 11.1 Å². The van der Waals surface area contributed by atoms with Crippen molar-refractivity contribution in [3.8, 4) is 17.2 Å². The second-order valence-electron chi connectivity index (χ2n) is 7.79. The van der Waals surface area contributed by atoms with Gasteiger partial charge in [-0.05, 0) is 48.4 Å². The lowest BCUT2D eigenvalue weighted by molar-refractivity contribution is -0.139. The molecule has 36 heavy (non-hydrogen) atoms. The third-order valence-electron chi connectivity index (χ3n) is 4.95. The summed E-state index contributed by atoms with van der Waals surface area (Å²) in [6.07, 6.45) is 0. The van der Waals surface area contributed by atoms with Crippen molar-refractivity contribution in [1.29, 1.82) is 0 Å². The van der Waals surface area contributed by atoms with E-state index in [9.17, 15) is 39.6 Å². The van der Waals surface area contributed by atoms with Gasteiger partial charge in [-0.3, -0.25) is 14.4 Å². The molecule has 0 saturated heterocycles. The number of hydrogen-bond donors (Lipinski definition) is 7. The Labute approximate surface area is 209 Å². The lowest BCUT2D eigenvalue weighted by Crippen LogP contribution is -2.48. The molecule has 3 amide bonds. The first-order valence-electron chi connectivity index (χ1n) is 10.5. The number of aryl methyl sites for hydroxylation is 1. The molecule has 0 aliphatic heterocycles. The van der Waals surface area contributed by atoms with Crippen molar-refractivity contribution in [1.82, 2.24) is 16.0 Å². The molecule has 0 fully saturated rings. The van der Waals surface area contributed by atoms with E-state index in [0.717, 1.165) is 29.5 Å². The fourth-order valence-electron chi connectivity index (χ4n) is 3.20. The summed E-state index contributed by atoms with van der Waals surface area (Å²) >= 11 is 0.883. The predicted octanol–water partition coefficient (Wildman–Crippen LogP) is 1.72. The highest BCUT2D eigenvalue weighted by Crippen LogP contribution is 2.23. The Hall–Kier alpha value is -4.58. The minimum Gasteiger partial charge on any atom is -0.508 e. The number of thiophene rings is 1. The third kappa shape index (κ3) is 6.73. The third-order valence-corrected chi connectivity index (χ3v) is 6.18. The van der Waals surface area contributed by atoms with Gasteiger partial charge in [-0.2, -0.15) is 0 Å². The van der Waals surface area contributed by atoms with Crippen LogP contribution in [-0.4, -0.2) is 56.7 Å². The zero-order chi connectivity index (χ0) is 26.4. The molecule has 1 unspecified atom stereocenters. The number of carboxylic acids is 1. The summed E-state index contributed by atoms with van der Waals surface area (Å²) in [6, 6.07) is 9.60. The van der Waals surface area contributed by atoms with Gasteiger partial charge in [0.25, 0.3) is 17.7 Å². The SMILES string of the molecule is Cc1cc(C(=O)NCc2cccc(O)c2)sc1C(=O)NC(CNC(=O)c1cc(O)cc(O)c1)C(=O)O. The number of carboxylic acid groups (broad SMARTS) is 1. The fourth-order valence-corrected chi connectivity index (χ4v) is 4.19. The standard InChI is InChI=1S/C24H23N3O8S/c1-12-5-19(22(32)25-10-13-3-2-4-15(28)6-13)36-20(12)23(33)27-18(24(34)35)11-26-21(31)14-7-16(29)9-17(30)8-14/h2-9,18,28-30H,10-11H2,1H3,(H,25,32)(H,26,31)(H,27,33)(H,34,35). The number of rotatable bonds is 9.